The zero-order chi connectivity index (χ0) is 18.2. The second-order valence-corrected chi connectivity index (χ2v) is 6.24. The van der Waals surface area contributed by atoms with Crippen molar-refractivity contribution in [2.75, 3.05) is 13.7 Å². The molecule has 2 rings (SSSR count). The Hall–Kier alpha value is -2.33. The largest absolute Gasteiger partial charge is 0.469 e. The molecule has 1 atom stereocenters. The van der Waals surface area contributed by atoms with Crippen LogP contribution in [0.2, 0.25) is 5.02 Å². The van der Waals surface area contributed by atoms with Crippen LogP contribution in [0, 0.1) is 0 Å². The summed E-state index contributed by atoms with van der Waals surface area (Å²) in [4.78, 5) is 26.1. The maximum absolute atomic E-state index is 12.9. The zero-order valence-corrected chi connectivity index (χ0v) is 15.2. The van der Waals surface area contributed by atoms with Gasteiger partial charge in [0.25, 0.3) is 0 Å². The molecule has 0 fully saturated rings. The van der Waals surface area contributed by atoms with E-state index < -0.39 is 0 Å². The van der Waals surface area contributed by atoms with Crippen molar-refractivity contribution in [3.05, 3.63) is 70.7 Å². The summed E-state index contributed by atoms with van der Waals surface area (Å²) in [5.74, 6) is -0.368. The Kier molecular flexibility index (Phi) is 7.02. The lowest BCUT2D eigenvalue weighted by Gasteiger charge is -2.29. The first-order valence-electron chi connectivity index (χ1n) is 8.17. The molecule has 5 heteroatoms. The molecular formula is C20H22ClNO3. The number of rotatable bonds is 7. The molecule has 0 aliphatic heterocycles. The molecule has 25 heavy (non-hydrogen) atoms. The number of halogens is 1. The van der Waals surface area contributed by atoms with E-state index in [1.165, 1.54) is 7.11 Å². The van der Waals surface area contributed by atoms with Crippen LogP contribution in [0.3, 0.4) is 0 Å². The van der Waals surface area contributed by atoms with Gasteiger partial charge in [-0.05, 0) is 30.2 Å². The number of methoxy groups -OCH3 is 1. The van der Waals surface area contributed by atoms with Crippen molar-refractivity contribution in [1.29, 1.82) is 0 Å². The highest BCUT2D eigenvalue weighted by atomic mass is 35.5. The van der Waals surface area contributed by atoms with Crippen molar-refractivity contribution in [1.82, 2.24) is 4.90 Å². The lowest BCUT2D eigenvalue weighted by atomic mass is 10.0. The summed E-state index contributed by atoms with van der Waals surface area (Å²) in [5, 5.41) is 0.636. The van der Waals surface area contributed by atoms with E-state index in [-0.39, 0.29) is 30.8 Å². The third-order valence-corrected chi connectivity index (χ3v) is 4.37. The highest BCUT2D eigenvalue weighted by Crippen LogP contribution is 2.22. The molecule has 2 aromatic carbocycles. The summed E-state index contributed by atoms with van der Waals surface area (Å²) >= 11 is 5.90. The van der Waals surface area contributed by atoms with E-state index >= 15 is 0 Å². The minimum atomic E-state index is -0.329. The first kappa shape index (κ1) is 19.0. The van der Waals surface area contributed by atoms with Gasteiger partial charge in [-0.3, -0.25) is 9.59 Å². The average molecular weight is 360 g/mol. The molecule has 0 aliphatic carbocycles. The standard InChI is InChI=1S/C20H22ClNO3/c1-15(17-6-4-3-5-7-17)22(13-12-20(24)25-2)19(23)14-16-8-10-18(21)11-9-16/h3-11,15H,12-14H2,1-2H3. The number of hydrogen-bond donors (Lipinski definition) is 0. The average Bonchev–Trinajstić information content (AvgIpc) is 2.64. The summed E-state index contributed by atoms with van der Waals surface area (Å²) in [6.07, 6.45) is 0.426. The number of ether oxygens (including phenoxy) is 1. The van der Waals surface area contributed by atoms with Gasteiger partial charge >= 0.3 is 5.97 Å². The van der Waals surface area contributed by atoms with Crippen molar-refractivity contribution in [3.8, 4) is 0 Å². The lowest BCUT2D eigenvalue weighted by Crippen LogP contribution is -2.36. The highest BCUT2D eigenvalue weighted by molar-refractivity contribution is 6.30. The van der Waals surface area contributed by atoms with E-state index in [1.54, 1.807) is 17.0 Å². The molecule has 1 amide bonds. The molecule has 1 unspecified atom stereocenters. The van der Waals surface area contributed by atoms with Gasteiger partial charge in [0.05, 0.1) is 26.0 Å². The number of esters is 1. The van der Waals surface area contributed by atoms with Crippen molar-refractivity contribution in [2.24, 2.45) is 0 Å². The third-order valence-electron chi connectivity index (χ3n) is 4.12. The number of hydrogen-bond acceptors (Lipinski definition) is 3. The predicted octanol–water partition coefficient (Wildman–Crippen LogP) is 4.04. The Morgan fingerprint density at radius 1 is 1.08 bits per heavy atom. The summed E-state index contributed by atoms with van der Waals surface area (Å²) in [7, 11) is 1.35. The second-order valence-electron chi connectivity index (χ2n) is 5.80. The molecule has 132 valence electrons. The Balaban J connectivity index is 2.15. The first-order valence-corrected chi connectivity index (χ1v) is 8.54. The molecule has 0 spiro atoms. The van der Waals surface area contributed by atoms with Gasteiger partial charge in [0, 0.05) is 11.6 Å². The number of amides is 1. The quantitative estimate of drug-likeness (QED) is 0.701. The predicted molar refractivity (Wildman–Crippen MR) is 98.4 cm³/mol. The fourth-order valence-corrected chi connectivity index (χ4v) is 2.76. The normalized spacial score (nSPS) is 11.6. The number of benzene rings is 2. The van der Waals surface area contributed by atoms with Gasteiger partial charge in [-0.15, -0.1) is 0 Å². The van der Waals surface area contributed by atoms with Gasteiger partial charge in [-0.25, -0.2) is 0 Å². The highest BCUT2D eigenvalue weighted by Gasteiger charge is 2.22. The summed E-state index contributed by atoms with van der Waals surface area (Å²) in [6.45, 7) is 2.28. The van der Waals surface area contributed by atoms with Crippen LogP contribution in [0.15, 0.2) is 54.6 Å². The fraction of sp³-hybridized carbons (Fsp3) is 0.300. The van der Waals surface area contributed by atoms with Crippen LogP contribution in [0.5, 0.6) is 0 Å². The smallest absolute Gasteiger partial charge is 0.307 e. The minimum absolute atomic E-state index is 0.0393. The van der Waals surface area contributed by atoms with E-state index in [0.29, 0.717) is 11.6 Å². The maximum Gasteiger partial charge on any atom is 0.307 e. The minimum Gasteiger partial charge on any atom is -0.469 e. The molecular weight excluding hydrogens is 338 g/mol. The molecule has 2 aromatic rings. The zero-order valence-electron chi connectivity index (χ0n) is 14.4. The van der Waals surface area contributed by atoms with E-state index in [0.717, 1.165) is 11.1 Å². The van der Waals surface area contributed by atoms with E-state index in [2.05, 4.69) is 0 Å². The van der Waals surface area contributed by atoms with Crippen LogP contribution in [-0.4, -0.2) is 30.4 Å². The molecule has 0 aromatic heterocycles. The van der Waals surface area contributed by atoms with Crippen molar-refractivity contribution >= 4 is 23.5 Å². The van der Waals surface area contributed by atoms with Gasteiger partial charge in [0.15, 0.2) is 0 Å². The Morgan fingerprint density at radius 3 is 2.32 bits per heavy atom. The number of carbonyl (C=O) groups is 2. The fourth-order valence-electron chi connectivity index (χ4n) is 2.64. The first-order chi connectivity index (χ1) is 12.0. The molecule has 0 aliphatic rings. The van der Waals surface area contributed by atoms with E-state index in [9.17, 15) is 9.59 Å². The Morgan fingerprint density at radius 2 is 1.72 bits per heavy atom. The molecule has 0 heterocycles. The Bertz CT molecular complexity index is 701. The van der Waals surface area contributed by atoms with Crippen LogP contribution in [0.4, 0.5) is 0 Å². The van der Waals surface area contributed by atoms with Crippen LogP contribution < -0.4 is 0 Å². The number of nitrogens with zero attached hydrogens (tertiary/aromatic N) is 1. The maximum atomic E-state index is 12.9. The molecule has 0 bridgehead atoms. The molecule has 0 N–H and O–H groups in total. The number of carbonyl (C=O) groups excluding carboxylic acids is 2. The molecule has 0 radical (unpaired) electrons. The molecule has 0 saturated heterocycles. The van der Waals surface area contributed by atoms with Gasteiger partial charge in [-0.1, -0.05) is 54.1 Å². The molecule has 0 saturated carbocycles. The van der Waals surface area contributed by atoms with Crippen molar-refractivity contribution in [2.45, 2.75) is 25.8 Å². The van der Waals surface area contributed by atoms with E-state index in [4.69, 9.17) is 16.3 Å². The monoisotopic (exact) mass is 359 g/mol. The van der Waals surface area contributed by atoms with Crippen LogP contribution >= 0.6 is 11.6 Å². The Labute approximate surface area is 153 Å². The molecule has 4 nitrogen and oxygen atoms in total. The lowest BCUT2D eigenvalue weighted by molar-refractivity contribution is -0.142. The topological polar surface area (TPSA) is 46.6 Å². The second kappa shape index (κ2) is 9.23. The summed E-state index contributed by atoms with van der Waals surface area (Å²) in [6, 6.07) is 16.8. The summed E-state index contributed by atoms with van der Waals surface area (Å²) in [5.41, 5.74) is 1.91. The van der Waals surface area contributed by atoms with Crippen LogP contribution in [0.25, 0.3) is 0 Å². The van der Waals surface area contributed by atoms with Gasteiger partial charge in [-0.2, -0.15) is 0 Å². The van der Waals surface area contributed by atoms with Crippen LogP contribution in [0.1, 0.15) is 30.5 Å². The van der Waals surface area contributed by atoms with E-state index in [1.807, 2.05) is 49.4 Å². The van der Waals surface area contributed by atoms with Gasteiger partial charge < -0.3 is 9.64 Å². The van der Waals surface area contributed by atoms with Crippen LogP contribution in [-0.2, 0) is 20.7 Å². The van der Waals surface area contributed by atoms with Gasteiger partial charge in [0.1, 0.15) is 0 Å². The third kappa shape index (κ3) is 5.61. The SMILES string of the molecule is COC(=O)CCN(C(=O)Cc1ccc(Cl)cc1)C(C)c1ccccc1. The van der Waals surface area contributed by atoms with Gasteiger partial charge in [0.2, 0.25) is 5.91 Å². The summed E-state index contributed by atoms with van der Waals surface area (Å²) < 4.78 is 4.71. The van der Waals surface area contributed by atoms with Crippen molar-refractivity contribution in [3.63, 3.8) is 0 Å². The van der Waals surface area contributed by atoms with Crippen molar-refractivity contribution < 1.29 is 14.3 Å².